The molecule has 3 aromatic rings. The number of nitrogens with two attached hydrogens (primary N) is 1. The molecule has 1 heterocycles. The van der Waals surface area contributed by atoms with Gasteiger partial charge < -0.3 is 10.5 Å². The van der Waals surface area contributed by atoms with Gasteiger partial charge in [-0.25, -0.2) is 4.68 Å². The lowest BCUT2D eigenvalue weighted by molar-refractivity contribution is 0.0967. The number of ketones is 1. The minimum atomic E-state index is -0.0803. The first-order chi connectivity index (χ1) is 12.9. The molecule has 7 nitrogen and oxygen atoms in total. The molecule has 0 amide bonds. The van der Waals surface area contributed by atoms with Crippen molar-refractivity contribution < 1.29 is 9.53 Å². The number of hydrogen-bond acceptors (Lipinski definition) is 6. The molecule has 3 N–H and O–H groups in total. The second kappa shape index (κ2) is 7.63. The van der Waals surface area contributed by atoms with Crippen molar-refractivity contribution in [2.24, 2.45) is 0 Å². The zero-order valence-corrected chi connectivity index (χ0v) is 16.2. The molecule has 0 saturated heterocycles. The van der Waals surface area contributed by atoms with Crippen molar-refractivity contribution in [3.8, 4) is 5.75 Å². The summed E-state index contributed by atoms with van der Waals surface area (Å²) in [6.45, 7) is 4.00. The lowest BCUT2D eigenvalue weighted by Gasteiger charge is -2.08. The topological polar surface area (TPSA) is 87.1 Å². The fourth-order valence-electron chi connectivity index (χ4n) is 2.57. The number of anilines is 2. The number of aryl methyl sites for hydroxylation is 2. The fraction of sp³-hybridized carbons (Fsp3) is 0.211. The van der Waals surface area contributed by atoms with Crippen LogP contribution in [0.15, 0.2) is 42.5 Å². The lowest BCUT2D eigenvalue weighted by Crippen LogP contribution is -2.14. The van der Waals surface area contributed by atoms with E-state index >= 15 is 0 Å². The van der Waals surface area contributed by atoms with Crippen LogP contribution in [0.4, 0.5) is 11.6 Å². The summed E-state index contributed by atoms with van der Waals surface area (Å²) in [6, 6.07) is 12.9. The molecule has 0 spiro atoms. The summed E-state index contributed by atoms with van der Waals surface area (Å²) in [5.74, 6) is 0.832. The van der Waals surface area contributed by atoms with Gasteiger partial charge in [-0.05, 0) is 67.5 Å². The zero-order valence-electron chi connectivity index (χ0n) is 15.4. The van der Waals surface area contributed by atoms with E-state index in [4.69, 9.17) is 22.7 Å². The number of nitrogens with one attached hydrogen (secondary N) is 1. The molecule has 3 rings (SSSR count). The molecule has 140 valence electrons. The van der Waals surface area contributed by atoms with Gasteiger partial charge in [-0.3, -0.25) is 10.2 Å². The SMILES string of the molecule is COc1ccc(Nn2c(N)nn(CC(=O)c3ccc(C)c(C)c3)c2=S)cc1. The first-order valence-electron chi connectivity index (χ1n) is 8.36. The van der Waals surface area contributed by atoms with Gasteiger partial charge in [-0.15, -0.1) is 5.10 Å². The van der Waals surface area contributed by atoms with Crippen molar-refractivity contribution in [3.05, 3.63) is 63.9 Å². The molecule has 8 heteroatoms. The molecule has 0 aliphatic rings. The molecule has 0 bridgehead atoms. The Morgan fingerprint density at radius 2 is 1.89 bits per heavy atom. The Balaban J connectivity index is 1.81. The molecule has 0 atom stereocenters. The molecule has 0 aliphatic heterocycles. The molecule has 2 aromatic carbocycles. The van der Waals surface area contributed by atoms with E-state index < -0.39 is 0 Å². The summed E-state index contributed by atoms with van der Waals surface area (Å²) in [6.07, 6.45) is 0. The number of ether oxygens (including phenoxy) is 1. The maximum absolute atomic E-state index is 12.6. The van der Waals surface area contributed by atoms with Crippen molar-refractivity contribution in [2.75, 3.05) is 18.3 Å². The number of hydrogen-bond donors (Lipinski definition) is 2. The number of carbonyl (C=O) groups is 1. The first-order valence-corrected chi connectivity index (χ1v) is 8.76. The largest absolute Gasteiger partial charge is 0.497 e. The molecule has 0 unspecified atom stereocenters. The smallest absolute Gasteiger partial charge is 0.240 e. The average Bonchev–Trinajstić information content (AvgIpc) is 2.92. The molecule has 1 aromatic heterocycles. The average molecular weight is 383 g/mol. The van der Waals surface area contributed by atoms with E-state index in [-0.39, 0.29) is 18.3 Å². The number of nitrogen functional groups attached to an aromatic ring is 1. The van der Waals surface area contributed by atoms with Crippen LogP contribution >= 0.6 is 12.2 Å². The van der Waals surface area contributed by atoms with Crippen LogP contribution < -0.4 is 15.9 Å². The predicted octanol–water partition coefficient (Wildman–Crippen LogP) is 3.38. The summed E-state index contributed by atoms with van der Waals surface area (Å²) in [5, 5.41) is 4.19. The van der Waals surface area contributed by atoms with E-state index in [1.807, 2.05) is 56.3 Å². The van der Waals surface area contributed by atoms with Crippen LogP contribution in [-0.4, -0.2) is 27.3 Å². The number of benzene rings is 2. The Morgan fingerprint density at radius 3 is 2.52 bits per heavy atom. The van der Waals surface area contributed by atoms with Crippen molar-refractivity contribution in [2.45, 2.75) is 20.4 Å². The van der Waals surface area contributed by atoms with Gasteiger partial charge in [0, 0.05) is 5.56 Å². The second-order valence-corrected chi connectivity index (χ2v) is 6.56. The van der Waals surface area contributed by atoms with Crippen LogP contribution in [0.25, 0.3) is 0 Å². The quantitative estimate of drug-likeness (QED) is 0.501. The van der Waals surface area contributed by atoms with Crippen molar-refractivity contribution in [1.82, 2.24) is 14.5 Å². The summed E-state index contributed by atoms with van der Waals surface area (Å²) < 4.78 is 8.32. The highest BCUT2D eigenvalue weighted by Gasteiger charge is 2.13. The van der Waals surface area contributed by atoms with Gasteiger partial charge >= 0.3 is 0 Å². The number of methoxy groups -OCH3 is 1. The minimum absolute atomic E-state index is 0.0167. The minimum Gasteiger partial charge on any atom is -0.497 e. The van der Waals surface area contributed by atoms with Crippen LogP contribution in [0.1, 0.15) is 21.5 Å². The van der Waals surface area contributed by atoms with Crippen LogP contribution in [0.3, 0.4) is 0 Å². The monoisotopic (exact) mass is 383 g/mol. The molecule has 0 saturated carbocycles. The number of Topliss-reactive ketones (excluding diaryl/α,β-unsaturated/α-hetero) is 1. The van der Waals surface area contributed by atoms with Gasteiger partial charge in [0.2, 0.25) is 10.7 Å². The highest BCUT2D eigenvalue weighted by atomic mass is 32.1. The molecule has 0 radical (unpaired) electrons. The van der Waals surface area contributed by atoms with E-state index in [0.717, 1.165) is 22.6 Å². The summed E-state index contributed by atoms with van der Waals surface area (Å²) >= 11 is 5.42. The maximum Gasteiger partial charge on any atom is 0.240 e. The Kier molecular flexibility index (Phi) is 5.27. The summed E-state index contributed by atoms with van der Waals surface area (Å²) in [7, 11) is 1.60. The van der Waals surface area contributed by atoms with Gasteiger partial charge in [0.05, 0.1) is 12.8 Å². The maximum atomic E-state index is 12.6. The van der Waals surface area contributed by atoms with Crippen LogP contribution in [0, 0.1) is 18.6 Å². The van der Waals surface area contributed by atoms with Crippen molar-refractivity contribution in [3.63, 3.8) is 0 Å². The third kappa shape index (κ3) is 4.01. The van der Waals surface area contributed by atoms with Crippen molar-refractivity contribution >= 4 is 29.6 Å². The van der Waals surface area contributed by atoms with Gasteiger partial charge in [0.15, 0.2) is 5.78 Å². The molecular formula is C19H21N5O2S. The predicted molar refractivity (Wildman–Crippen MR) is 108 cm³/mol. The Hall–Kier alpha value is -3.13. The highest BCUT2D eigenvalue weighted by molar-refractivity contribution is 7.71. The van der Waals surface area contributed by atoms with E-state index in [0.29, 0.717) is 10.3 Å². The Bertz CT molecular complexity index is 1040. The number of aromatic nitrogens is 3. The van der Waals surface area contributed by atoms with Crippen molar-refractivity contribution in [1.29, 1.82) is 0 Å². The number of nitrogens with zero attached hydrogens (tertiary/aromatic N) is 3. The second-order valence-electron chi connectivity index (χ2n) is 6.20. The summed E-state index contributed by atoms with van der Waals surface area (Å²) in [4.78, 5) is 12.6. The van der Waals surface area contributed by atoms with Crippen LogP contribution in [0.2, 0.25) is 0 Å². The zero-order chi connectivity index (χ0) is 19.6. The van der Waals surface area contributed by atoms with Gasteiger partial charge in [0.25, 0.3) is 0 Å². The Labute approximate surface area is 162 Å². The Morgan fingerprint density at radius 1 is 1.19 bits per heavy atom. The normalized spacial score (nSPS) is 10.6. The van der Waals surface area contributed by atoms with Gasteiger partial charge in [-0.1, -0.05) is 12.1 Å². The molecular weight excluding hydrogens is 362 g/mol. The molecule has 27 heavy (non-hydrogen) atoms. The fourth-order valence-corrected chi connectivity index (χ4v) is 2.81. The van der Waals surface area contributed by atoms with Crippen LogP contribution in [-0.2, 0) is 6.54 Å². The van der Waals surface area contributed by atoms with E-state index in [1.54, 1.807) is 7.11 Å². The first kappa shape index (κ1) is 18.7. The third-order valence-electron chi connectivity index (χ3n) is 4.32. The van der Waals surface area contributed by atoms with E-state index in [2.05, 4.69) is 10.5 Å². The van der Waals surface area contributed by atoms with Gasteiger partial charge in [0.1, 0.15) is 12.3 Å². The molecule has 0 aliphatic carbocycles. The van der Waals surface area contributed by atoms with Gasteiger partial charge in [-0.2, -0.15) is 4.68 Å². The highest BCUT2D eigenvalue weighted by Crippen LogP contribution is 2.17. The third-order valence-corrected chi connectivity index (χ3v) is 4.71. The lowest BCUT2D eigenvalue weighted by atomic mass is 10.0. The number of carbonyl (C=O) groups excluding carboxylic acids is 1. The van der Waals surface area contributed by atoms with E-state index in [1.165, 1.54) is 9.36 Å². The standard InChI is InChI=1S/C19H21N5O2S/c1-12-4-5-14(10-13(12)2)17(25)11-23-19(27)24(18(20)22-23)21-15-6-8-16(26-3)9-7-15/h4-10,21H,11H2,1-3H3,(H2,20,22). The van der Waals surface area contributed by atoms with Crippen LogP contribution in [0.5, 0.6) is 5.75 Å². The van der Waals surface area contributed by atoms with E-state index in [9.17, 15) is 4.79 Å². The summed E-state index contributed by atoms with van der Waals surface area (Å²) in [5.41, 5.74) is 12.6. The molecule has 0 fully saturated rings. The number of rotatable bonds is 6.